The Morgan fingerprint density at radius 2 is 2.15 bits per heavy atom. The number of hydrogen-bond donors (Lipinski definition) is 1. The van der Waals surface area contributed by atoms with Crippen LogP contribution in [0, 0.1) is 5.92 Å². The fourth-order valence-corrected chi connectivity index (χ4v) is 1.89. The van der Waals surface area contributed by atoms with Crippen molar-refractivity contribution in [2.75, 3.05) is 5.88 Å². The van der Waals surface area contributed by atoms with E-state index in [1.807, 2.05) is 0 Å². The van der Waals surface area contributed by atoms with E-state index in [1.165, 1.54) is 0 Å². The predicted octanol–water partition coefficient (Wildman–Crippen LogP) is 2.31. The van der Waals surface area contributed by atoms with Crippen molar-refractivity contribution >= 4 is 17.5 Å². The normalized spacial score (nSPS) is 26.6. The Morgan fingerprint density at radius 1 is 1.46 bits per heavy atom. The van der Waals surface area contributed by atoms with Crippen LogP contribution >= 0.6 is 11.6 Å². The van der Waals surface area contributed by atoms with Gasteiger partial charge in [-0.05, 0) is 31.6 Å². The molecule has 1 amide bonds. The third-order valence-corrected chi connectivity index (χ3v) is 2.79. The van der Waals surface area contributed by atoms with E-state index in [0.29, 0.717) is 18.3 Å². The lowest BCUT2D eigenvalue weighted by atomic mass is 9.82. The number of rotatable bonds is 5. The first kappa shape index (κ1) is 10.8. The minimum Gasteiger partial charge on any atom is -0.353 e. The SMILES string of the molecule is CC1CC(NC(=O)CCCCCl)C1. The number of unbranched alkanes of at least 4 members (excludes halogenated alkanes) is 1. The van der Waals surface area contributed by atoms with E-state index in [2.05, 4.69) is 12.2 Å². The van der Waals surface area contributed by atoms with E-state index in [0.717, 1.165) is 31.6 Å². The van der Waals surface area contributed by atoms with Crippen LogP contribution in [0.4, 0.5) is 0 Å². The summed E-state index contributed by atoms with van der Waals surface area (Å²) in [5.41, 5.74) is 0. The van der Waals surface area contributed by atoms with Crippen molar-refractivity contribution in [2.24, 2.45) is 5.92 Å². The van der Waals surface area contributed by atoms with Gasteiger partial charge in [0.15, 0.2) is 0 Å². The zero-order chi connectivity index (χ0) is 9.68. The van der Waals surface area contributed by atoms with Gasteiger partial charge in [0.1, 0.15) is 0 Å². The molecular weight excluding hydrogens is 186 g/mol. The first-order chi connectivity index (χ1) is 6.22. The minimum absolute atomic E-state index is 0.196. The summed E-state index contributed by atoms with van der Waals surface area (Å²) in [5.74, 6) is 1.66. The molecule has 2 nitrogen and oxygen atoms in total. The van der Waals surface area contributed by atoms with E-state index in [9.17, 15) is 4.79 Å². The molecule has 1 aliphatic carbocycles. The minimum atomic E-state index is 0.196. The highest BCUT2D eigenvalue weighted by Crippen LogP contribution is 2.26. The Balaban J connectivity index is 1.98. The third-order valence-electron chi connectivity index (χ3n) is 2.53. The van der Waals surface area contributed by atoms with Gasteiger partial charge in [-0.1, -0.05) is 6.92 Å². The standard InChI is InChI=1S/C10H18ClNO/c1-8-6-9(7-8)12-10(13)4-2-3-5-11/h8-9H,2-7H2,1H3,(H,12,13). The van der Waals surface area contributed by atoms with Gasteiger partial charge < -0.3 is 5.32 Å². The summed E-state index contributed by atoms with van der Waals surface area (Å²) in [6.07, 6.45) is 4.80. The quantitative estimate of drug-likeness (QED) is 0.539. The summed E-state index contributed by atoms with van der Waals surface area (Å²) in [5, 5.41) is 3.02. The molecule has 0 aliphatic heterocycles. The lowest BCUT2D eigenvalue weighted by Crippen LogP contribution is -2.43. The Hall–Kier alpha value is -0.240. The van der Waals surface area contributed by atoms with Gasteiger partial charge in [-0.2, -0.15) is 0 Å². The molecule has 13 heavy (non-hydrogen) atoms. The van der Waals surface area contributed by atoms with Crippen LogP contribution in [0.3, 0.4) is 0 Å². The van der Waals surface area contributed by atoms with Crippen molar-refractivity contribution in [1.82, 2.24) is 5.32 Å². The van der Waals surface area contributed by atoms with Gasteiger partial charge in [0.05, 0.1) is 0 Å². The van der Waals surface area contributed by atoms with Gasteiger partial charge in [-0.25, -0.2) is 0 Å². The van der Waals surface area contributed by atoms with Gasteiger partial charge in [0, 0.05) is 18.3 Å². The molecule has 1 aliphatic rings. The highest BCUT2D eigenvalue weighted by atomic mass is 35.5. The molecule has 1 saturated carbocycles. The van der Waals surface area contributed by atoms with E-state index in [-0.39, 0.29) is 5.91 Å². The number of hydrogen-bond acceptors (Lipinski definition) is 1. The Bertz CT molecular complexity index is 166. The summed E-state index contributed by atoms with van der Waals surface area (Å²) < 4.78 is 0. The molecule has 0 bridgehead atoms. The first-order valence-electron chi connectivity index (χ1n) is 5.07. The van der Waals surface area contributed by atoms with E-state index in [1.54, 1.807) is 0 Å². The highest BCUT2D eigenvalue weighted by Gasteiger charge is 2.26. The molecular formula is C10H18ClNO. The second-order valence-corrected chi connectivity index (χ2v) is 4.37. The van der Waals surface area contributed by atoms with Crippen LogP contribution in [0.1, 0.15) is 39.0 Å². The number of carbonyl (C=O) groups excluding carboxylic acids is 1. The number of amides is 1. The summed E-state index contributed by atoms with van der Waals surface area (Å²) in [7, 11) is 0. The van der Waals surface area contributed by atoms with Gasteiger partial charge in [0.2, 0.25) is 5.91 Å². The van der Waals surface area contributed by atoms with Crippen molar-refractivity contribution < 1.29 is 4.79 Å². The van der Waals surface area contributed by atoms with E-state index in [4.69, 9.17) is 11.6 Å². The van der Waals surface area contributed by atoms with Crippen molar-refractivity contribution in [1.29, 1.82) is 0 Å². The van der Waals surface area contributed by atoms with Crippen LogP contribution in [0.2, 0.25) is 0 Å². The topological polar surface area (TPSA) is 29.1 Å². The number of alkyl halides is 1. The highest BCUT2D eigenvalue weighted by molar-refractivity contribution is 6.17. The van der Waals surface area contributed by atoms with Crippen molar-refractivity contribution in [2.45, 2.75) is 45.1 Å². The zero-order valence-corrected chi connectivity index (χ0v) is 8.94. The lowest BCUT2D eigenvalue weighted by Gasteiger charge is -2.33. The maximum Gasteiger partial charge on any atom is 0.220 e. The van der Waals surface area contributed by atoms with E-state index >= 15 is 0 Å². The predicted molar refractivity (Wildman–Crippen MR) is 54.9 cm³/mol. The van der Waals surface area contributed by atoms with Crippen LogP contribution in [0.25, 0.3) is 0 Å². The van der Waals surface area contributed by atoms with Crippen molar-refractivity contribution in [3.8, 4) is 0 Å². The van der Waals surface area contributed by atoms with Crippen LogP contribution in [-0.4, -0.2) is 17.8 Å². The summed E-state index contributed by atoms with van der Waals surface area (Å²) in [4.78, 5) is 11.3. The average molecular weight is 204 g/mol. The summed E-state index contributed by atoms with van der Waals surface area (Å²) in [6.45, 7) is 2.22. The smallest absolute Gasteiger partial charge is 0.220 e. The van der Waals surface area contributed by atoms with Gasteiger partial charge in [-0.3, -0.25) is 4.79 Å². The number of carbonyl (C=O) groups is 1. The molecule has 1 N–H and O–H groups in total. The molecule has 0 atom stereocenters. The first-order valence-corrected chi connectivity index (χ1v) is 5.61. The molecule has 76 valence electrons. The van der Waals surface area contributed by atoms with Crippen LogP contribution in [-0.2, 0) is 4.79 Å². The molecule has 0 aromatic heterocycles. The molecule has 0 spiro atoms. The Labute approximate surface area is 85.0 Å². The maximum absolute atomic E-state index is 11.3. The summed E-state index contributed by atoms with van der Waals surface area (Å²) >= 11 is 5.52. The lowest BCUT2D eigenvalue weighted by molar-refractivity contribution is -0.122. The van der Waals surface area contributed by atoms with Crippen LogP contribution < -0.4 is 5.32 Å². The fraction of sp³-hybridized carbons (Fsp3) is 0.900. The second kappa shape index (κ2) is 5.48. The van der Waals surface area contributed by atoms with E-state index < -0.39 is 0 Å². The molecule has 0 radical (unpaired) electrons. The molecule has 0 heterocycles. The monoisotopic (exact) mass is 203 g/mol. The fourth-order valence-electron chi connectivity index (χ4n) is 1.70. The Morgan fingerprint density at radius 3 is 2.69 bits per heavy atom. The maximum atomic E-state index is 11.3. The largest absolute Gasteiger partial charge is 0.353 e. The molecule has 3 heteroatoms. The molecule has 0 aromatic rings. The molecule has 0 aromatic carbocycles. The Kier molecular flexibility index (Phi) is 4.57. The van der Waals surface area contributed by atoms with Crippen LogP contribution in [0.15, 0.2) is 0 Å². The molecule has 1 fully saturated rings. The number of halogens is 1. The second-order valence-electron chi connectivity index (χ2n) is 3.99. The number of nitrogens with one attached hydrogen (secondary N) is 1. The van der Waals surface area contributed by atoms with Crippen molar-refractivity contribution in [3.05, 3.63) is 0 Å². The molecule has 1 rings (SSSR count). The van der Waals surface area contributed by atoms with Crippen molar-refractivity contribution in [3.63, 3.8) is 0 Å². The van der Waals surface area contributed by atoms with Crippen LogP contribution in [0.5, 0.6) is 0 Å². The summed E-state index contributed by atoms with van der Waals surface area (Å²) in [6, 6.07) is 0.457. The molecule has 0 saturated heterocycles. The van der Waals surface area contributed by atoms with Gasteiger partial charge >= 0.3 is 0 Å². The van der Waals surface area contributed by atoms with Gasteiger partial charge in [-0.15, -0.1) is 11.6 Å². The van der Waals surface area contributed by atoms with Gasteiger partial charge in [0.25, 0.3) is 0 Å². The average Bonchev–Trinajstić information content (AvgIpc) is 2.02. The molecule has 0 unspecified atom stereocenters. The zero-order valence-electron chi connectivity index (χ0n) is 8.18. The third kappa shape index (κ3) is 3.99.